The molecule has 14 rings (SSSR count). The Morgan fingerprint density at radius 2 is 0.464 bits per heavy atom. The van der Waals surface area contributed by atoms with Gasteiger partial charge in [-0.1, -0.05) is 385 Å². The van der Waals surface area contributed by atoms with E-state index < -0.39 is 0 Å². The van der Waals surface area contributed by atoms with E-state index in [0.29, 0.717) is 0 Å². The molecule has 0 N–H and O–H groups in total. The van der Waals surface area contributed by atoms with Crippen LogP contribution in [0.1, 0.15) is 427 Å². The van der Waals surface area contributed by atoms with Gasteiger partial charge in [-0.25, -0.2) is 0 Å². The molecule has 0 saturated heterocycles. The third-order valence-corrected chi connectivity index (χ3v) is 12.9. The van der Waals surface area contributed by atoms with Crippen molar-refractivity contribution in [3.63, 3.8) is 0 Å². The Bertz CT molecular complexity index is 978. The summed E-state index contributed by atoms with van der Waals surface area (Å²) in [6.07, 6.45) is 54.4. The van der Waals surface area contributed by atoms with Crippen molar-refractivity contribution in [2.75, 3.05) is 0 Å². The van der Waals surface area contributed by atoms with Crippen LogP contribution in [0.5, 0.6) is 0 Å². The molecule has 14 aliphatic rings. The van der Waals surface area contributed by atoms with Crippen molar-refractivity contribution in [1.82, 2.24) is 0 Å². The maximum atomic E-state index is 2.38. The average molecular weight is 1240 g/mol. The number of fused-ring (bicyclic) bond motifs is 7. The molecule has 0 radical (unpaired) electrons. The molecule has 0 aromatic heterocycles. The molecule has 0 aromatic carbocycles. The molecule has 6 fully saturated rings. The monoisotopic (exact) mass is 1240 g/mol. The molecule has 0 heteroatoms. The molecule has 0 amide bonds. The van der Waals surface area contributed by atoms with Gasteiger partial charge < -0.3 is 0 Å². The van der Waals surface area contributed by atoms with Gasteiger partial charge in [0, 0.05) is 0 Å². The van der Waals surface area contributed by atoms with E-state index in [4.69, 9.17) is 0 Å². The second kappa shape index (κ2) is 127. The van der Waals surface area contributed by atoms with Crippen molar-refractivity contribution in [3.05, 3.63) is 72.9 Å². The fourth-order valence-corrected chi connectivity index (χ4v) is 9.34. The van der Waals surface area contributed by atoms with E-state index in [0.717, 1.165) is 71.0 Å². The normalized spacial score (nSPS) is 22.9. The van der Waals surface area contributed by atoms with Crippen molar-refractivity contribution in [2.45, 2.75) is 427 Å². The second-order valence-electron chi connectivity index (χ2n) is 16.3. The maximum absolute atomic E-state index is 2.38. The van der Waals surface area contributed by atoms with Crippen molar-refractivity contribution < 1.29 is 0 Å². The smallest absolute Gasteiger partial charge is 0.0202 e. The summed E-state index contributed by atoms with van der Waals surface area (Å²) in [7, 11) is 0. The highest BCUT2D eigenvalue weighted by molar-refractivity contribution is 5.08. The Hall–Kier alpha value is -1.56. The second-order valence-corrected chi connectivity index (χ2v) is 16.3. The predicted octanol–water partition coefficient (Wildman–Crippen LogP) is 38.6. The Morgan fingerprint density at radius 1 is 0.167 bits per heavy atom. The van der Waals surface area contributed by atoms with E-state index in [-0.39, 0.29) is 312 Å². The standard InChI is InChI=1S/6C7H10.42CH4/c1-2-7-4-3-6(1)5-7;2*1-2-6-4-7(3-1)5-6;1-2-6-4-5-7(6)3-1;2*1-2-4-7-5-6(7)3-1;;;;;;;;;;;;;;;;;;;;;;;;;;;;;;;;;;;;;;;;;;/h4*1-2,6-7H,3-5H2;1,3,6-7H,2,4-5H2;1-2,6-7H,3-5H2;42*1H4. The summed E-state index contributed by atoms with van der Waals surface area (Å²) >= 11 is 0. The van der Waals surface area contributed by atoms with Crippen LogP contribution in [0.25, 0.3) is 0 Å². The van der Waals surface area contributed by atoms with Gasteiger partial charge in [-0.3, -0.25) is 0 Å². The Morgan fingerprint density at radius 3 is 0.595 bits per heavy atom. The molecule has 14 aliphatic carbocycles. The molecule has 564 valence electrons. The molecule has 8 unspecified atom stereocenters. The van der Waals surface area contributed by atoms with E-state index in [9.17, 15) is 0 Å². The van der Waals surface area contributed by atoms with Gasteiger partial charge in [-0.2, -0.15) is 0 Å². The fraction of sp³-hybridized carbons (Fsp3) is 0.857. The minimum absolute atomic E-state index is 0. The number of rotatable bonds is 0. The SMILES string of the molecule is C.C.C.C.C.C.C.C.C.C.C.C.C.C.C.C.C.C.C.C.C.C.C.C.C.C.C.C.C.C.C.C.C.C.C.C.C.C.C.C.C.C.C1=CC2CC(C1)C2.C1=CC2CC(C1)C2.C1=CC2CC2CC1.C1=CC2CCC1C2.C1=CC2CCC2C1.C1=CCC2CC2C1. The molecule has 0 aromatic rings. The van der Waals surface area contributed by atoms with Gasteiger partial charge in [0.2, 0.25) is 0 Å². The lowest BCUT2D eigenvalue weighted by molar-refractivity contribution is 0.224. The van der Waals surface area contributed by atoms with Crippen molar-refractivity contribution in [1.29, 1.82) is 0 Å². The maximum Gasteiger partial charge on any atom is -0.0202 e. The summed E-state index contributed by atoms with van der Waals surface area (Å²) in [6, 6.07) is 0. The summed E-state index contributed by atoms with van der Waals surface area (Å²) < 4.78 is 0. The largest absolute Gasteiger partial charge is 0.0882 e. The van der Waals surface area contributed by atoms with Gasteiger partial charge >= 0.3 is 0 Å². The summed E-state index contributed by atoms with van der Waals surface area (Å²) in [5, 5.41) is 0. The Balaban J connectivity index is -0.00000000880. The zero-order valence-corrected chi connectivity index (χ0v) is 26.6. The molecule has 84 heavy (non-hydrogen) atoms. The fourth-order valence-electron chi connectivity index (χ4n) is 9.34. The quantitative estimate of drug-likeness (QED) is 0.212. The first-order chi connectivity index (χ1) is 20.7. The van der Waals surface area contributed by atoms with Crippen molar-refractivity contribution >= 4 is 0 Å². The van der Waals surface area contributed by atoms with Crippen LogP contribution >= 0.6 is 0 Å². The first-order valence-electron chi connectivity index (χ1n) is 18.7. The van der Waals surface area contributed by atoms with E-state index in [1.54, 1.807) is 0 Å². The Labute approximate surface area is 568 Å². The van der Waals surface area contributed by atoms with Crippen LogP contribution in [0, 0.1) is 71.0 Å². The van der Waals surface area contributed by atoms with Gasteiger partial charge in [0.15, 0.2) is 0 Å². The molecule has 0 spiro atoms. The van der Waals surface area contributed by atoms with Crippen molar-refractivity contribution in [3.8, 4) is 0 Å². The lowest BCUT2D eigenvalue weighted by Gasteiger charge is -2.36. The lowest BCUT2D eigenvalue weighted by atomic mass is 9.69. The van der Waals surface area contributed by atoms with Crippen LogP contribution < -0.4 is 0 Å². The topological polar surface area (TPSA) is 0 Å². The molecular formula is C84H228. The van der Waals surface area contributed by atoms with Crippen LogP contribution in [0.15, 0.2) is 72.9 Å². The first kappa shape index (κ1) is 254. The van der Waals surface area contributed by atoms with Gasteiger partial charge in [0.25, 0.3) is 0 Å². The van der Waals surface area contributed by atoms with Gasteiger partial charge in [-0.15, -0.1) is 0 Å². The molecule has 6 saturated carbocycles. The zero-order valence-electron chi connectivity index (χ0n) is 26.6. The lowest BCUT2D eigenvalue weighted by Crippen LogP contribution is -2.24. The minimum atomic E-state index is 0. The molecular weight excluding hydrogens is 1010 g/mol. The average Bonchev–Trinajstić information content (AvgIpc) is 3.85. The Kier molecular flexibility index (Phi) is 383. The number of hydrogen-bond acceptors (Lipinski definition) is 0. The van der Waals surface area contributed by atoms with Gasteiger partial charge in [0.05, 0.1) is 0 Å². The number of hydrogen-bond donors (Lipinski definition) is 0. The highest BCUT2D eigenvalue weighted by Gasteiger charge is 2.36. The van der Waals surface area contributed by atoms with E-state index >= 15 is 0 Å². The van der Waals surface area contributed by atoms with Crippen LogP contribution in [-0.4, -0.2) is 0 Å². The summed E-state index contributed by atoms with van der Waals surface area (Å²) in [5.74, 6) is 12.6. The third-order valence-electron chi connectivity index (χ3n) is 12.9. The highest BCUT2D eigenvalue weighted by atomic mass is 14.4. The molecule has 0 nitrogen and oxygen atoms in total. The van der Waals surface area contributed by atoms with Gasteiger partial charge in [0.1, 0.15) is 0 Å². The predicted molar refractivity (Wildman–Crippen MR) is 463 cm³/mol. The van der Waals surface area contributed by atoms with Gasteiger partial charge in [-0.05, 0) is 187 Å². The van der Waals surface area contributed by atoms with Crippen molar-refractivity contribution in [2.24, 2.45) is 71.0 Å². The molecule has 6 bridgehead atoms. The molecule has 8 atom stereocenters. The molecule has 0 aliphatic heterocycles. The zero-order chi connectivity index (χ0) is 28.1. The van der Waals surface area contributed by atoms with E-state index in [1.807, 2.05) is 0 Å². The summed E-state index contributed by atoms with van der Waals surface area (Å²) in [4.78, 5) is 0. The van der Waals surface area contributed by atoms with Crippen LogP contribution in [0.3, 0.4) is 0 Å². The summed E-state index contributed by atoms with van der Waals surface area (Å²) in [6.45, 7) is 0. The molecule has 0 heterocycles. The number of allylic oxidation sites excluding steroid dienone is 12. The minimum Gasteiger partial charge on any atom is -0.0882 e. The van der Waals surface area contributed by atoms with Crippen LogP contribution in [-0.2, 0) is 0 Å². The van der Waals surface area contributed by atoms with E-state index in [1.165, 1.54) is 116 Å². The van der Waals surface area contributed by atoms with E-state index in [2.05, 4.69) is 72.9 Å². The first-order valence-corrected chi connectivity index (χ1v) is 18.7. The summed E-state index contributed by atoms with van der Waals surface area (Å²) in [5.41, 5.74) is 0. The van der Waals surface area contributed by atoms with Crippen LogP contribution in [0.2, 0.25) is 0 Å². The third kappa shape index (κ3) is 76.5. The van der Waals surface area contributed by atoms with Crippen LogP contribution in [0.4, 0.5) is 0 Å². The highest BCUT2D eigenvalue weighted by Crippen LogP contribution is 2.47.